The first-order valence-corrected chi connectivity index (χ1v) is 10.8. The molecular weight excluding hydrogens is 402 g/mol. The summed E-state index contributed by atoms with van der Waals surface area (Å²) in [5.41, 5.74) is 4.21. The highest BCUT2D eigenvalue weighted by Gasteiger charge is 2.37. The molecule has 32 heavy (non-hydrogen) atoms. The summed E-state index contributed by atoms with van der Waals surface area (Å²) in [6.07, 6.45) is 8.68. The fourth-order valence-electron chi connectivity index (χ4n) is 4.64. The van der Waals surface area contributed by atoms with Gasteiger partial charge in [0, 0.05) is 61.2 Å². The molecule has 7 heteroatoms. The van der Waals surface area contributed by atoms with Crippen molar-refractivity contribution in [2.45, 2.75) is 25.0 Å². The van der Waals surface area contributed by atoms with Crippen LogP contribution < -0.4 is 19.7 Å². The maximum atomic E-state index is 5.82. The SMILES string of the molecule is COc1cccc(C2C(NCc3ccccn3)CCN2c2ccn3ccnc3c2)c1OC. The van der Waals surface area contributed by atoms with E-state index >= 15 is 0 Å². The number of para-hydroxylation sites is 1. The van der Waals surface area contributed by atoms with Gasteiger partial charge in [0.25, 0.3) is 0 Å². The normalized spacial score (nSPS) is 18.2. The van der Waals surface area contributed by atoms with Crippen LogP contribution in [0.1, 0.15) is 23.7 Å². The number of nitrogens with one attached hydrogen (secondary N) is 1. The van der Waals surface area contributed by atoms with Crippen molar-refractivity contribution in [2.24, 2.45) is 0 Å². The molecular formula is C25H27N5O2. The van der Waals surface area contributed by atoms with E-state index in [1.165, 1.54) is 0 Å². The third-order valence-corrected chi connectivity index (χ3v) is 6.13. The molecule has 2 unspecified atom stereocenters. The molecule has 4 aromatic rings. The van der Waals surface area contributed by atoms with Gasteiger partial charge in [0.05, 0.1) is 26.0 Å². The zero-order valence-electron chi connectivity index (χ0n) is 18.3. The van der Waals surface area contributed by atoms with Crippen molar-refractivity contribution in [3.63, 3.8) is 0 Å². The molecule has 1 aliphatic heterocycles. The lowest BCUT2D eigenvalue weighted by Crippen LogP contribution is -2.36. The van der Waals surface area contributed by atoms with Crippen LogP contribution in [0.25, 0.3) is 5.65 Å². The quantitative estimate of drug-likeness (QED) is 0.481. The Hall–Kier alpha value is -3.58. The molecule has 164 valence electrons. The second-order valence-electron chi connectivity index (χ2n) is 7.90. The molecule has 5 rings (SSSR count). The summed E-state index contributed by atoms with van der Waals surface area (Å²) in [6.45, 7) is 1.63. The molecule has 0 radical (unpaired) electrons. The zero-order chi connectivity index (χ0) is 21.9. The second kappa shape index (κ2) is 8.88. The second-order valence-corrected chi connectivity index (χ2v) is 7.90. The Balaban J connectivity index is 1.53. The lowest BCUT2D eigenvalue weighted by Gasteiger charge is -2.32. The molecule has 0 saturated carbocycles. The number of benzene rings is 1. The average molecular weight is 430 g/mol. The van der Waals surface area contributed by atoms with Gasteiger partial charge in [-0.1, -0.05) is 18.2 Å². The first-order valence-electron chi connectivity index (χ1n) is 10.8. The lowest BCUT2D eigenvalue weighted by atomic mass is 9.98. The molecule has 1 aliphatic rings. The van der Waals surface area contributed by atoms with E-state index in [2.05, 4.69) is 44.6 Å². The van der Waals surface area contributed by atoms with Gasteiger partial charge in [-0.3, -0.25) is 4.98 Å². The standard InChI is InChI=1S/C25H27N5O2/c1-31-22-8-5-7-20(25(22)32-2)24-21(28-17-18-6-3-4-11-26-18)10-14-30(24)19-9-13-29-15-12-27-23(29)16-19/h3-9,11-13,15-16,21,24,28H,10,14,17H2,1-2H3. The number of ether oxygens (including phenoxy) is 2. The van der Waals surface area contributed by atoms with Gasteiger partial charge in [-0.25, -0.2) is 4.98 Å². The summed E-state index contributed by atoms with van der Waals surface area (Å²) in [6, 6.07) is 16.7. The van der Waals surface area contributed by atoms with Crippen LogP contribution in [0.3, 0.4) is 0 Å². The van der Waals surface area contributed by atoms with Crippen LogP contribution in [0, 0.1) is 0 Å². The van der Waals surface area contributed by atoms with Crippen molar-refractivity contribution in [3.05, 3.63) is 84.6 Å². The van der Waals surface area contributed by atoms with Crippen LogP contribution in [-0.4, -0.2) is 41.2 Å². The van der Waals surface area contributed by atoms with Crippen LogP contribution in [0.15, 0.2) is 73.3 Å². The summed E-state index contributed by atoms with van der Waals surface area (Å²) in [5, 5.41) is 3.75. The van der Waals surface area contributed by atoms with E-state index in [0.29, 0.717) is 6.54 Å². The van der Waals surface area contributed by atoms with Crippen molar-refractivity contribution < 1.29 is 9.47 Å². The third kappa shape index (κ3) is 3.76. The van der Waals surface area contributed by atoms with Crippen molar-refractivity contribution in [2.75, 3.05) is 25.7 Å². The molecule has 0 aliphatic carbocycles. The van der Waals surface area contributed by atoms with Crippen LogP contribution in [0.4, 0.5) is 5.69 Å². The molecule has 0 spiro atoms. The highest BCUT2D eigenvalue weighted by molar-refractivity contribution is 5.60. The van der Waals surface area contributed by atoms with E-state index in [1.54, 1.807) is 14.2 Å². The Labute approximate surface area is 187 Å². The van der Waals surface area contributed by atoms with E-state index in [1.807, 2.05) is 53.3 Å². The van der Waals surface area contributed by atoms with E-state index in [0.717, 1.165) is 47.1 Å². The molecule has 1 fully saturated rings. The van der Waals surface area contributed by atoms with Crippen LogP contribution in [-0.2, 0) is 6.54 Å². The summed E-state index contributed by atoms with van der Waals surface area (Å²) < 4.78 is 13.5. The van der Waals surface area contributed by atoms with Crippen molar-refractivity contribution >= 4 is 11.3 Å². The number of nitrogens with zero attached hydrogens (tertiary/aromatic N) is 4. The number of hydrogen-bond donors (Lipinski definition) is 1. The van der Waals surface area contributed by atoms with Crippen LogP contribution in [0.5, 0.6) is 11.5 Å². The van der Waals surface area contributed by atoms with Gasteiger partial charge < -0.3 is 24.1 Å². The Kier molecular flexibility index (Phi) is 5.64. The third-order valence-electron chi connectivity index (χ3n) is 6.13. The van der Waals surface area contributed by atoms with Gasteiger partial charge in [0.15, 0.2) is 11.5 Å². The highest BCUT2D eigenvalue weighted by Crippen LogP contribution is 2.43. The average Bonchev–Trinajstić information content (AvgIpc) is 3.49. The molecule has 3 aromatic heterocycles. The molecule has 1 aromatic carbocycles. The minimum Gasteiger partial charge on any atom is -0.493 e. The minimum absolute atomic E-state index is 0.0705. The van der Waals surface area contributed by atoms with E-state index in [9.17, 15) is 0 Å². The van der Waals surface area contributed by atoms with Gasteiger partial charge in [-0.15, -0.1) is 0 Å². The zero-order valence-corrected chi connectivity index (χ0v) is 18.3. The molecule has 2 atom stereocenters. The summed E-state index contributed by atoms with van der Waals surface area (Å²) >= 11 is 0. The number of pyridine rings is 2. The van der Waals surface area contributed by atoms with Gasteiger partial charge in [0.1, 0.15) is 5.65 Å². The molecule has 7 nitrogen and oxygen atoms in total. The molecule has 0 amide bonds. The topological polar surface area (TPSA) is 63.9 Å². The van der Waals surface area contributed by atoms with Gasteiger partial charge in [-0.2, -0.15) is 0 Å². The molecule has 0 bridgehead atoms. The predicted molar refractivity (Wildman–Crippen MR) is 124 cm³/mol. The molecule has 1 saturated heterocycles. The highest BCUT2D eigenvalue weighted by atomic mass is 16.5. The molecule has 1 N–H and O–H groups in total. The van der Waals surface area contributed by atoms with Gasteiger partial charge >= 0.3 is 0 Å². The monoisotopic (exact) mass is 429 g/mol. The number of fused-ring (bicyclic) bond motifs is 1. The maximum absolute atomic E-state index is 5.82. The predicted octanol–water partition coefficient (Wildman–Crippen LogP) is 3.86. The maximum Gasteiger partial charge on any atom is 0.166 e. The van der Waals surface area contributed by atoms with Crippen LogP contribution in [0.2, 0.25) is 0 Å². The number of hydrogen-bond acceptors (Lipinski definition) is 6. The van der Waals surface area contributed by atoms with Crippen LogP contribution >= 0.6 is 0 Å². The summed E-state index contributed by atoms with van der Waals surface area (Å²) in [7, 11) is 3.38. The Morgan fingerprint density at radius 1 is 1.00 bits per heavy atom. The van der Waals surface area contributed by atoms with E-state index in [4.69, 9.17) is 9.47 Å². The Morgan fingerprint density at radius 2 is 1.94 bits per heavy atom. The summed E-state index contributed by atoms with van der Waals surface area (Å²) in [4.78, 5) is 11.4. The van der Waals surface area contributed by atoms with Crippen molar-refractivity contribution in [1.82, 2.24) is 19.7 Å². The number of anilines is 1. The molecule has 4 heterocycles. The number of imidazole rings is 1. The fourth-order valence-corrected chi connectivity index (χ4v) is 4.64. The van der Waals surface area contributed by atoms with E-state index in [-0.39, 0.29) is 12.1 Å². The van der Waals surface area contributed by atoms with Gasteiger partial charge in [-0.05, 0) is 30.7 Å². The Bertz CT molecular complexity index is 1190. The van der Waals surface area contributed by atoms with Gasteiger partial charge in [0.2, 0.25) is 0 Å². The fraction of sp³-hybridized carbons (Fsp3) is 0.280. The first kappa shape index (κ1) is 20.3. The minimum atomic E-state index is 0.0705. The number of aromatic nitrogens is 3. The smallest absolute Gasteiger partial charge is 0.166 e. The summed E-state index contributed by atoms with van der Waals surface area (Å²) in [5.74, 6) is 1.52. The first-order chi connectivity index (χ1) is 15.8. The number of rotatable bonds is 7. The Morgan fingerprint density at radius 3 is 2.75 bits per heavy atom. The lowest BCUT2D eigenvalue weighted by molar-refractivity contribution is 0.346. The van der Waals surface area contributed by atoms with Crippen molar-refractivity contribution in [3.8, 4) is 11.5 Å². The van der Waals surface area contributed by atoms with E-state index < -0.39 is 0 Å². The number of methoxy groups -OCH3 is 2. The largest absolute Gasteiger partial charge is 0.493 e. The van der Waals surface area contributed by atoms with Crippen molar-refractivity contribution in [1.29, 1.82) is 0 Å².